The van der Waals surface area contributed by atoms with Gasteiger partial charge >= 0.3 is 0 Å². The highest BCUT2D eigenvalue weighted by Gasteiger charge is 2.42. The summed E-state index contributed by atoms with van der Waals surface area (Å²) < 4.78 is 20.5. The number of halogens is 1. The number of aromatic nitrogens is 1. The number of hydrogen-bond donors (Lipinski definition) is 1. The Hall–Kier alpha value is -2.84. The molecule has 0 aliphatic carbocycles. The molecule has 8 heteroatoms. The number of ether oxygens (including phenoxy) is 1. The van der Waals surface area contributed by atoms with E-state index in [-0.39, 0.29) is 42.2 Å². The van der Waals surface area contributed by atoms with Crippen LogP contribution in [0.5, 0.6) is 0 Å². The zero-order valence-electron chi connectivity index (χ0n) is 23.0. The number of aryl methyl sites for hydroxylation is 2. The molecule has 1 N–H and O–H groups in total. The number of hydrogen-bond acceptors (Lipinski definition) is 5. The van der Waals surface area contributed by atoms with Gasteiger partial charge in [0.2, 0.25) is 11.8 Å². The van der Waals surface area contributed by atoms with Crippen molar-refractivity contribution < 1.29 is 18.7 Å². The van der Waals surface area contributed by atoms with Gasteiger partial charge in [0.25, 0.3) is 0 Å². The molecule has 1 saturated heterocycles. The maximum Gasteiger partial charge on any atom is 0.244 e. The highest BCUT2D eigenvalue weighted by Crippen LogP contribution is 2.31. The molecule has 7 nitrogen and oxygen atoms in total. The first-order valence-corrected chi connectivity index (χ1v) is 13.2. The molecular weight excluding hydrogens is 471 g/mol. The van der Waals surface area contributed by atoms with Gasteiger partial charge in [-0.15, -0.1) is 0 Å². The highest BCUT2D eigenvalue weighted by molar-refractivity contribution is 5.89. The van der Waals surface area contributed by atoms with Gasteiger partial charge in [-0.2, -0.15) is 0 Å². The number of carbonyl (C=O) groups excluding carboxylic acids is 2. The first kappa shape index (κ1) is 28.7. The summed E-state index contributed by atoms with van der Waals surface area (Å²) in [5.41, 5.74) is 3.11. The van der Waals surface area contributed by atoms with Crippen LogP contribution in [0.15, 0.2) is 36.5 Å². The molecule has 0 unspecified atom stereocenters. The van der Waals surface area contributed by atoms with Gasteiger partial charge in [-0.05, 0) is 49.4 Å². The van der Waals surface area contributed by atoms with Crippen molar-refractivity contribution in [3.8, 4) is 0 Å². The van der Waals surface area contributed by atoms with E-state index < -0.39 is 6.04 Å². The van der Waals surface area contributed by atoms with E-state index in [4.69, 9.17) is 4.74 Å². The van der Waals surface area contributed by atoms with Crippen molar-refractivity contribution in [3.05, 3.63) is 64.7 Å². The maximum absolute atomic E-state index is 15.2. The number of nitrogens with zero attached hydrogens (tertiary/aromatic N) is 3. The van der Waals surface area contributed by atoms with E-state index in [1.165, 1.54) is 5.56 Å². The van der Waals surface area contributed by atoms with Crippen LogP contribution in [-0.2, 0) is 27.3 Å². The van der Waals surface area contributed by atoms with Gasteiger partial charge in [-0.25, -0.2) is 4.39 Å². The Morgan fingerprint density at radius 2 is 1.84 bits per heavy atom. The Morgan fingerprint density at radius 3 is 2.46 bits per heavy atom. The van der Waals surface area contributed by atoms with Gasteiger partial charge in [-0.3, -0.25) is 19.5 Å². The van der Waals surface area contributed by atoms with Crippen molar-refractivity contribution in [1.29, 1.82) is 0 Å². The fraction of sp³-hybridized carbons (Fsp3) is 0.552. The van der Waals surface area contributed by atoms with Crippen molar-refractivity contribution in [2.75, 3.05) is 26.8 Å². The molecule has 37 heavy (non-hydrogen) atoms. The third kappa shape index (κ3) is 6.93. The fourth-order valence-electron chi connectivity index (χ4n) is 4.97. The van der Waals surface area contributed by atoms with Crippen molar-refractivity contribution >= 4 is 11.8 Å². The van der Waals surface area contributed by atoms with Crippen LogP contribution in [0.2, 0.25) is 0 Å². The Labute approximate surface area is 220 Å². The van der Waals surface area contributed by atoms with Crippen LogP contribution < -0.4 is 5.32 Å². The normalized spacial score (nSPS) is 19.2. The van der Waals surface area contributed by atoms with Gasteiger partial charge in [0.1, 0.15) is 11.9 Å². The molecule has 0 radical (unpaired) electrons. The van der Waals surface area contributed by atoms with Crippen LogP contribution in [0, 0.1) is 18.7 Å². The summed E-state index contributed by atoms with van der Waals surface area (Å²) >= 11 is 0. The average Bonchev–Trinajstić information content (AvgIpc) is 2.89. The number of pyridine rings is 1. The first-order valence-electron chi connectivity index (χ1n) is 13.2. The number of amides is 2. The summed E-state index contributed by atoms with van der Waals surface area (Å²) in [6.07, 6.45) is 3.09. The second-order valence-electron chi connectivity index (χ2n) is 10.2. The number of carbonyl (C=O) groups is 2. The summed E-state index contributed by atoms with van der Waals surface area (Å²) in [7, 11) is 1.61. The minimum atomic E-state index is -0.702. The molecule has 2 heterocycles. The van der Waals surface area contributed by atoms with Gasteiger partial charge in [0.15, 0.2) is 0 Å². The zero-order valence-corrected chi connectivity index (χ0v) is 23.0. The summed E-state index contributed by atoms with van der Waals surface area (Å²) in [4.78, 5) is 35.0. The SMILES string of the molecule is CCc1ccc(CNC(=O)[C@H]2CN([C@H](CCOC)c3nccc(C)c3F)C[C@@H](C)N2C(=O)C(C)C)cc1. The molecule has 0 bridgehead atoms. The number of benzene rings is 1. The lowest BCUT2D eigenvalue weighted by Gasteiger charge is -2.47. The molecule has 1 aromatic heterocycles. The van der Waals surface area contributed by atoms with Gasteiger partial charge < -0.3 is 15.0 Å². The molecule has 3 atom stereocenters. The zero-order chi connectivity index (χ0) is 27.1. The molecular formula is C29H41FN4O3. The second kappa shape index (κ2) is 13.1. The van der Waals surface area contributed by atoms with Crippen LogP contribution in [-0.4, -0.2) is 65.5 Å². The van der Waals surface area contributed by atoms with Crippen molar-refractivity contribution in [2.24, 2.45) is 5.92 Å². The van der Waals surface area contributed by atoms with E-state index in [0.29, 0.717) is 37.4 Å². The van der Waals surface area contributed by atoms with Gasteiger partial charge in [0, 0.05) is 51.5 Å². The standard InChI is InChI=1S/C29H41FN4O3/c1-7-22-8-10-23(11-9-22)16-32-28(35)25-18-33(17-21(5)34(25)29(36)19(2)3)24(13-15-37-6)27-26(30)20(4)12-14-31-27/h8-12,14,19,21,24-25H,7,13,15-18H2,1-6H3,(H,32,35)/t21-,24-,25-/m1/s1. The van der Waals surface area contributed by atoms with Crippen LogP contribution in [0.25, 0.3) is 0 Å². The molecule has 3 rings (SSSR count). The number of methoxy groups -OCH3 is 1. The Morgan fingerprint density at radius 1 is 1.16 bits per heavy atom. The molecule has 1 aliphatic heterocycles. The van der Waals surface area contributed by atoms with E-state index >= 15 is 4.39 Å². The van der Waals surface area contributed by atoms with Crippen LogP contribution >= 0.6 is 0 Å². The van der Waals surface area contributed by atoms with Crippen LogP contribution in [0.1, 0.15) is 62.5 Å². The Bertz CT molecular complexity index is 1060. The van der Waals surface area contributed by atoms with Crippen molar-refractivity contribution in [3.63, 3.8) is 0 Å². The molecule has 0 saturated carbocycles. The van der Waals surface area contributed by atoms with E-state index in [2.05, 4.69) is 34.3 Å². The molecule has 1 aliphatic rings. The Balaban J connectivity index is 1.88. The third-order valence-electron chi connectivity index (χ3n) is 7.13. The summed E-state index contributed by atoms with van der Waals surface area (Å²) in [6.45, 7) is 11.0. The molecule has 0 spiro atoms. The Kier molecular flexibility index (Phi) is 10.2. The minimum absolute atomic E-state index is 0.0621. The molecule has 2 aromatic rings. The largest absolute Gasteiger partial charge is 0.385 e. The van der Waals surface area contributed by atoms with E-state index in [1.54, 1.807) is 31.2 Å². The predicted molar refractivity (Wildman–Crippen MR) is 142 cm³/mol. The van der Waals surface area contributed by atoms with Crippen LogP contribution in [0.4, 0.5) is 4.39 Å². The minimum Gasteiger partial charge on any atom is -0.385 e. The second-order valence-corrected chi connectivity index (χ2v) is 10.2. The molecule has 1 aromatic carbocycles. The fourth-order valence-corrected chi connectivity index (χ4v) is 4.97. The lowest BCUT2D eigenvalue weighted by Crippen LogP contribution is -2.65. The summed E-state index contributed by atoms with van der Waals surface area (Å²) in [5, 5.41) is 3.04. The highest BCUT2D eigenvalue weighted by atomic mass is 19.1. The van der Waals surface area contributed by atoms with E-state index in [1.807, 2.05) is 32.9 Å². The van der Waals surface area contributed by atoms with Crippen molar-refractivity contribution in [2.45, 2.75) is 72.1 Å². The predicted octanol–water partition coefficient (Wildman–Crippen LogP) is 4.04. The van der Waals surface area contributed by atoms with Crippen LogP contribution in [0.3, 0.4) is 0 Å². The molecule has 202 valence electrons. The number of piperazine rings is 1. The average molecular weight is 513 g/mol. The summed E-state index contributed by atoms with van der Waals surface area (Å²) in [5.74, 6) is -0.860. The maximum atomic E-state index is 15.2. The monoisotopic (exact) mass is 512 g/mol. The van der Waals surface area contributed by atoms with E-state index in [9.17, 15) is 9.59 Å². The molecule has 2 amide bonds. The quantitative estimate of drug-likeness (QED) is 0.520. The third-order valence-corrected chi connectivity index (χ3v) is 7.13. The summed E-state index contributed by atoms with van der Waals surface area (Å²) in [6, 6.07) is 8.48. The lowest BCUT2D eigenvalue weighted by molar-refractivity contribution is -0.151. The molecule has 1 fully saturated rings. The lowest BCUT2D eigenvalue weighted by atomic mass is 9.97. The van der Waals surface area contributed by atoms with Crippen molar-refractivity contribution in [1.82, 2.24) is 20.1 Å². The smallest absolute Gasteiger partial charge is 0.244 e. The number of rotatable bonds is 10. The number of nitrogens with one attached hydrogen (secondary N) is 1. The van der Waals surface area contributed by atoms with Gasteiger partial charge in [0.05, 0.1) is 11.7 Å². The van der Waals surface area contributed by atoms with E-state index in [0.717, 1.165) is 12.0 Å². The topological polar surface area (TPSA) is 74.8 Å². The van der Waals surface area contributed by atoms with Gasteiger partial charge in [-0.1, -0.05) is 45.0 Å². The first-order chi connectivity index (χ1) is 17.7.